The summed E-state index contributed by atoms with van der Waals surface area (Å²) in [7, 11) is -3.88. The highest BCUT2D eigenvalue weighted by Gasteiger charge is 2.22. The molecule has 1 amide bonds. The number of unbranched alkanes of at least 4 members (excludes halogenated alkanes) is 1. The van der Waals surface area contributed by atoms with Crippen LogP contribution in [-0.2, 0) is 14.8 Å². The maximum absolute atomic E-state index is 12.4. The van der Waals surface area contributed by atoms with E-state index >= 15 is 0 Å². The predicted molar refractivity (Wildman–Crippen MR) is 93.2 cm³/mol. The lowest BCUT2D eigenvalue weighted by Crippen LogP contribution is -2.44. The molecule has 1 N–H and O–H groups in total. The van der Waals surface area contributed by atoms with E-state index in [1.807, 2.05) is 34.6 Å². The first-order valence-electron chi connectivity index (χ1n) is 7.78. The number of aryl methyl sites for hydroxylation is 1. The Morgan fingerprint density at radius 2 is 1.74 bits per heavy atom. The number of amides is 1. The Morgan fingerprint density at radius 1 is 1.17 bits per heavy atom. The summed E-state index contributed by atoms with van der Waals surface area (Å²) in [6, 6.07) is 6.44. The molecule has 0 heterocycles. The van der Waals surface area contributed by atoms with Gasteiger partial charge in [-0.15, -0.1) is 0 Å². The number of rotatable bonds is 6. The summed E-state index contributed by atoms with van der Waals surface area (Å²) >= 11 is 0. The van der Waals surface area contributed by atoms with Crippen LogP contribution in [0.1, 0.15) is 52.5 Å². The predicted octanol–water partition coefficient (Wildman–Crippen LogP) is 3.23. The van der Waals surface area contributed by atoms with Gasteiger partial charge in [0.25, 0.3) is 15.9 Å². The average Bonchev–Trinajstić information content (AvgIpc) is 2.42. The third-order valence-corrected chi connectivity index (χ3v) is 4.40. The van der Waals surface area contributed by atoms with Crippen LogP contribution in [0.25, 0.3) is 0 Å². The first-order valence-corrected chi connectivity index (χ1v) is 9.22. The minimum atomic E-state index is -3.88. The minimum Gasteiger partial charge on any atom is -0.346 e. The highest BCUT2D eigenvalue weighted by molar-refractivity contribution is 7.90. The van der Waals surface area contributed by atoms with Crippen LogP contribution in [0.4, 0.5) is 0 Å². The molecule has 1 rings (SSSR count). The van der Waals surface area contributed by atoms with E-state index < -0.39 is 21.5 Å². The Morgan fingerprint density at radius 3 is 2.22 bits per heavy atom. The lowest BCUT2D eigenvalue weighted by Gasteiger charge is -2.21. The lowest BCUT2D eigenvalue weighted by atomic mass is 10.1. The lowest BCUT2D eigenvalue weighted by molar-refractivity contribution is -0.116. The number of hydrogen-bond donors (Lipinski definition) is 1. The van der Waals surface area contributed by atoms with E-state index in [1.165, 1.54) is 12.1 Å². The fraction of sp³-hybridized carbons (Fsp3) is 0.529. The second-order valence-electron chi connectivity index (χ2n) is 6.63. The second kappa shape index (κ2) is 7.73. The van der Waals surface area contributed by atoms with Crippen LogP contribution < -0.4 is 5.32 Å². The van der Waals surface area contributed by atoms with Gasteiger partial charge in [-0.1, -0.05) is 31.0 Å². The van der Waals surface area contributed by atoms with Crippen molar-refractivity contribution in [3.05, 3.63) is 29.8 Å². The van der Waals surface area contributed by atoms with Gasteiger partial charge < -0.3 is 5.32 Å². The molecule has 0 atom stereocenters. The molecule has 0 aromatic heterocycles. The largest absolute Gasteiger partial charge is 0.346 e. The number of nitrogens with zero attached hydrogens (tertiary/aromatic N) is 1. The molecule has 0 fully saturated rings. The van der Waals surface area contributed by atoms with Crippen molar-refractivity contribution in [2.75, 3.05) is 0 Å². The molecule has 128 valence electrons. The second-order valence-corrected chi connectivity index (χ2v) is 8.24. The topological polar surface area (TPSA) is 75.6 Å². The maximum Gasteiger partial charge on any atom is 0.282 e. The molecule has 6 heteroatoms. The number of carbonyl (C=O) groups is 1. The zero-order chi connectivity index (χ0) is 17.7. The van der Waals surface area contributed by atoms with E-state index in [0.717, 1.165) is 12.0 Å². The molecule has 0 saturated heterocycles. The summed E-state index contributed by atoms with van der Waals surface area (Å²) in [6.45, 7) is 9.39. The average molecular weight is 338 g/mol. The van der Waals surface area contributed by atoms with Gasteiger partial charge in [-0.05, 0) is 52.7 Å². The van der Waals surface area contributed by atoms with E-state index in [4.69, 9.17) is 0 Å². The van der Waals surface area contributed by atoms with E-state index in [2.05, 4.69) is 9.71 Å². The summed E-state index contributed by atoms with van der Waals surface area (Å²) in [5.74, 6) is -0.429. The molecule has 0 aliphatic carbocycles. The monoisotopic (exact) mass is 338 g/mol. The van der Waals surface area contributed by atoms with E-state index in [0.29, 0.717) is 12.8 Å². The third kappa shape index (κ3) is 6.52. The zero-order valence-corrected chi connectivity index (χ0v) is 15.3. The highest BCUT2D eigenvalue weighted by atomic mass is 32.2. The molecule has 0 radical (unpaired) electrons. The van der Waals surface area contributed by atoms with Crippen LogP contribution in [0.3, 0.4) is 0 Å². The molecule has 0 bridgehead atoms. The Labute approximate surface area is 139 Å². The van der Waals surface area contributed by atoms with Crippen LogP contribution in [0.5, 0.6) is 0 Å². The van der Waals surface area contributed by atoms with Crippen LogP contribution in [-0.4, -0.2) is 25.6 Å². The van der Waals surface area contributed by atoms with Crippen LogP contribution in [0, 0.1) is 6.92 Å². The van der Waals surface area contributed by atoms with E-state index in [9.17, 15) is 13.2 Å². The molecule has 1 aromatic rings. The number of hydrogen-bond acceptors (Lipinski definition) is 3. The van der Waals surface area contributed by atoms with Crippen molar-refractivity contribution in [2.24, 2.45) is 4.40 Å². The van der Waals surface area contributed by atoms with Crippen molar-refractivity contribution in [2.45, 2.75) is 64.3 Å². The smallest absolute Gasteiger partial charge is 0.282 e. The fourth-order valence-corrected chi connectivity index (χ4v) is 2.92. The summed E-state index contributed by atoms with van der Waals surface area (Å²) in [6.07, 6.45) is 1.90. The van der Waals surface area contributed by atoms with Crippen LogP contribution >= 0.6 is 0 Å². The normalized spacial score (nSPS) is 13.0. The van der Waals surface area contributed by atoms with E-state index in [1.54, 1.807) is 12.1 Å². The minimum absolute atomic E-state index is 0.0577. The number of carbonyl (C=O) groups excluding carboxylic acids is 1. The van der Waals surface area contributed by atoms with Gasteiger partial charge >= 0.3 is 0 Å². The Hall–Kier alpha value is -1.69. The van der Waals surface area contributed by atoms with Gasteiger partial charge in [-0.2, -0.15) is 12.8 Å². The van der Waals surface area contributed by atoms with Gasteiger partial charge in [0.1, 0.15) is 5.71 Å². The van der Waals surface area contributed by atoms with Crippen molar-refractivity contribution >= 4 is 21.6 Å². The maximum atomic E-state index is 12.4. The van der Waals surface area contributed by atoms with Crippen molar-refractivity contribution in [1.29, 1.82) is 0 Å². The van der Waals surface area contributed by atoms with Gasteiger partial charge in [-0.25, -0.2) is 0 Å². The molecule has 0 aliphatic rings. The Bertz CT molecular complexity index is 669. The zero-order valence-electron chi connectivity index (χ0n) is 14.5. The molecule has 1 aromatic carbocycles. The third-order valence-electron chi connectivity index (χ3n) is 3.07. The molecule has 23 heavy (non-hydrogen) atoms. The summed E-state index contributed by atoms with van der Waals surface area (Å²) in [4.78, 5) is 12.4. The number of nitrogens with one attached hydrogen (secondary N) is 1. The van der Waals surface area contributed by atoms with Crippen molar-refractivity contribution < 1.29 is 13.2 Å². The van der Waals surface area contributed by atoms with Crippen molar-refractivity contribution in [3.63, 3.8) is 0 Å². The SMILES string of the molecule is CCCC/C(=N\S(=O)(=O)c1ccc(C)cc1)C(=O)NC(C)(C)C. The molecule has 0 saturated carbocycles. The molecule has 0 aliphatic heterocycles. The summed E-state index contributed by atoms with van der Waals surface area (Å²) in [5.41, 5.74) is 0.574. The highest BCUT2D eigenvalue weighted by Crippen LogP contribution is 2.15. The first kappa shape index (κ1) is 19.4. The van der Waals surface area contributed by atoms with Gasteiger partial charge in [-0.3, -0.25) is 4.79 Å². The van der Waals surface area contributed by atoms with Gasteiger partial charge in [0, 0.05) is 5.54 Å². The summed E-state index contributed by atoms with van der Waals surface area (Å²) < 4.78 is 28.6. The van der Waals surface area contributed by atoms with Crippen LogP contribution in [0.2, 0.25) is 0 Å². The van der Waals surface area contributed by atoms with E-state index in [-0.39, 0.29) is 10.6 Å². The fourth-order valence-electron chi connectivity index (χ4n) is 1.87. The quantitative estimate of drug-likeness (QED) is 0.809. The molecular weight excluding hydrogens is 312 g/mol. The molecule has 0 spiro atoms. The number of sulfonamides is 1. The first-order chi connectivity index (χ1) is 10.5. The van der Waals surface area contributed by atoms with Gasteiger partial charge in [0.2, 0.25) is 0 Å². The standard InChI is InChI=1S/C17H26N2O3S/c1-6-7-8-15(16(20)18-17(3,4)5)19-23(21,22)14-11-9-13(2)10-12-14/h9-12H,6-8H2,1-5H3,(H,18,20)/b19-15+. The molecular formula is C17H26N2O3S. The van der Waals surface area contributed by atoms with Crippen molar-refractivity contribution in [1.82, 2.24) is 5.32 Å². The Balaban J connectivity index is 3.16. The summed E-state index contributed by atoms with van der Waals surface area (Å²) in [5, 5.41) is 2.78. The van der Waals surface area contributed by atoms with Gasteiger partial charge in [0.15, 0.2) is 0 Å². The molecule has 5 nitrogen and oxygen atoms in total. The van der Waals surface area contributed by atoms with Crippen LogP contribution in [0.15, 0.2) is 33.6 Å². The Kier molecular flexibility index (Phi) is 6.50. The van der Waals surface area contributed by atoms with Gasteiger partial charge in [0.05, 0.1) is 4.90 Å². The van der Waals surface area contributed by atoms with Crippen molar-refractivity contribution in [3.8, 4) is 0 Å². The number of benzene rings is 1. The molecule has 0 unspecified atom stereocenters.